The fraction of sp³-hybridized carbons (Fsp3) is 0.429. The van der Waals surface area contributed by atoms with Crippen molar-refractivity contribution in [2.75, 3.05) is 19.0 Å². The first-order chi connectivity index (χ1) is 14.0. The lowest BCUT2D eigenvalue weighted by atomic mass is 10.1. The molecule has 9 heteroatoms. The number of esters is 1. The van der Waals surface area contributed by atoms with Crippen molar-refractivity contribution >= 4 is 40.5 Å². The summed E-state index contributed by atoms with van der Waals surface area (Å²) in [7, 11) is 1.52. The number of nitrogens with one attached hydrogen (secondary N) is 1. The lowest BCUT2D eigenvalue weighted by Gasteiger charge is -2.15. The van der Waals surface area contributed by atoms with Crippen molar-refractivity contribution in [2.24, 2.45) is 0 Å². The molecule has 30 heavy (non-hydrogen) atoms. The molecule has 2 aromatic heterocycles. The zero-order valence-electron chi connectivity index (χ0n) is 17.2. The molecule has 0 atom stereocenters. The van der Waals surface area contributed by atoms with Gasteiger partial charge in [0.05, 0.1) is 13.7 Å². The number of imidazole rings is 1. The van der Waals surface area contributed by atoms with Gasteiger partial charge in [-0.05, 0) is 44.9 Å². The van der Waals surface area contributed by atoms with Crippen molar-refractivity contribution in [3.05, 3.63) is 28.8 Å². The Morgan fingerprint density at radius 2 is 2.10 bits per heavy atom. The van der Waals surface area contributed by atoms with E-state index < -0.39 is 0 Å². The topological polar surface area (TPSA) is 85.1 Å². The molecule has 0 aliphatic heterocycles. The largest absolute Gasteiger partial charge is 0.504 e. The Labute approximate surface area is 185 Å². The number of fused-ring (bicyclic) bond motifs is 1. The Kier molecular flexibility index (Phi) is 6.77. The molecule has 0 unspecified atom stereocenters. The fourth-order valence-corrected chi connectivity index (χ4v) is 4.89. The number of aryl methyl sites for hydroxylation is 1. The van der Waals surface area contributed by atoms with Crippen molar-refractivity contribution in [3.63, 3.8) is 0 Å². The van der Waals surface area contributed by atoms with Gasteiger partial charge in [-0.15, -0.1) is 12.4 Å². The molecule has 3 aromatic rings. The number of carbonyl (C=O) groups is 1. The lowest BCUT2D eigenvalue weighted by Crippen LogP contribution is -2.17. The molecule has 1 saturated carbocycles. The van der Waals surface area contributed by atoms with Gasteiger partial charge in [-0.1, -0.05) is 24.2 Å². The summed E-state index contributed by atoms with van der Waals surface area (Å²) in [5.74, 6) is 1.01. The van der Waals surface area contributed by atoms with Crippen LogP contribution in [0, 0.1) is 6.92 Å². The van der Waals surface area contributed by atoms with E-state index in [-0.39, 0.29) is 24.1 Å². The van der Waals surface area contributed by atoms with Crippen molar-refractivity contribution in [3.8, 4) is 22.8 Å². The molecule has 7 nitrogen and oxygen atoms in total. The smallest absolute Gasteiger partial charge is 0.350 e. The van der Waals surface area contributed by atoms with Crippen LogP contribution in [-0.2, 0) is 4.74 Å². The van der Waals surface area contributed by atoms with Crippen molar-refractivity contribution in [1.29, 1.82) is 0 Å². The Morgan fingerprint density at radius 3 is 2.73 bits per heavy atom. The first kappa shape index (κ1) is 22.2. The molecule has 0 bridgehead atoms. The molecule has 2 heterocycles. The minimum atomic E-state index is -0.323. The van der Waals surface area contributed by atoms with E-state index >= 15 is 0 Å². The van der Waals surface area contributed by atoms with Gasteiger partial charge in [0, 0.05) is 17.3 Å². The number of hydrogen-bond acceptors (Lipinski definition) is 7. The van der Waals surface area contributed by atoms with Gasteiger partial charge in [-0.25, -0.2) is 9.78 Å². The Hall–Kier alpha value is -2.45. The first-order valence-electron chi connectivity index (χ1n) is 9.86. The van der Waals surface area contributed by atoms with Gasteiger partial charge >= 0.3 is 5.97 Å². The second kappa shape index (κ2) is 9.14. The summed E-state index contributed by atoms with van der Waals surface area (Å²) < 4.78 is 12.4. The third-order valence-corrected chi connectivity index (χ3v) is 6.44. The molecular formula is C21H26ClN3O4S. The predicted molar refractivity (Wildman–Crippen MR) is 121 cm³/mol. The van der Waals surface area contributed by atoms with Gasteiger partial charge in [0.1, 0.15) is 16.4 Å². The summed E-state index contributed by atoms with van der Waals surface area (Å²) in [6.07, 6.45) is 4.62. The molecule has 0 spiro atoms. The average Bonchev–Trinajstić information content (AvgIpc) is 3.40. The van der Waals surface area contributed by atoms with Crippen LogP contribution in [-0.4, -0.2) is 40.2 Å². The minimum absolute atomic E-state index is 0. The zero-order valence-corrected chi connectivity index (χ0v) is 18.9. The highest BCUT2D eigenvalue weighted by atomic mass is 35.5. The average molecular weight is 452 g/mol. The number of aromatic nitrogens is 2. The normalized spacial score (nSPS) is 14.0. The summed E-state index contributed by atoms with van der Waals surface area (Å²) in [5, 5.41) is 13.9. The Balaban J connectivity index is 0.00000256. The highest BCUT2D eigenvalue weighted by molar-refractivity contribution is 7.19. The van der Waals surface area contributed by atoms with Crippen LogP contribution >= 0.6 is 23.7 Å². The number of phenols is 1. The van der Waals surface area contributed by atoms with Gasteiger partial charge in [-0.2, -0.15) is 0 Å². The molecule has 0 saturated heterocycles. The van der Waals surface area contributed by atoms with Gasteiger partial charge < -0.3 is 19.9 Å². The number of halogens is 1. The number of anilines is 1. The molecule has 0 amide bonds. The first-order valence-corrected chi connectivity index (χ1v) is 10.7. The highest BCUT2D eigenvalue weighted by Crippen LogP contribution is 2.39. The van der Waals surface area contributed by atoms with E-state index in [2.05, 4.69) is 5.32 Å². The molecule has 4 rings (SSSR count). The number of aromatic hydroxyl groups is 1. The van der Waals surface area contributed by atoms with E-state index in [1.807, 2.05) is 17.4 Å². The molecule has 1 aliphatic rings. The number of ether oxygens (including phenoxy) is 2. The van der Waals surface area contributed by atoms with E-state index in [1.165, 1.54) is 31.3 Å². The number of thiazole rings is 1. The van der Waals surface area contributed by atoms with Crippen LogP contribution in [0.1, 0.15) is 48.0 Å². The highest BCUT2D eigenvalue weighted by Gasteiger charge is 2.26. The SMILES string of the molecule is CCOC(=O)c1sc2nc(-c3ccc(OC)c(O)c3)c(NC3CCCC3)n2c1C.Cl. The van der Waals surface area contributed by atoms with E-state index in [9.17, 15) is 9.90 Å². The maximum absolute atomic E-state index is 12.3. The van der Waals surface area contributed by atoms with Crippen LogP contribution in [0.15, 0.2) is 18.2 Å². The maximum atomic E-state index is 12.3. The van der Waals surface area contributed by atoms with Crippen LogP contribution in [0.25, 0.3) is 16.2 Å². The monoisotopic (exact) mass is 451 g/mol. The van der Waals surface area contributed by atoms with Crippen LogP contribution < -0.4 is 10.1 Å². The lowest BCUT2D eigenvalue weighted by molar-refractivity contribution is 0.0531. The number of hydrogen-bond donors (Lipinski definition) is 2. The number of carbonyl (C=O) groups excluding carboxylic acids is 1. The van der Waals surface area contributed by atoms with Crippen LogP contribution in [0.4, 0.5) is 5.82 Å². The van der Waals surface area contributed by atoms with Crippen molar-refractivity contribution < 1.29 is 19.4 Å². The van der Waals surface area contributed by atoms with E-state index in [0.717, 1.165) is 40.6 Å². The van der Waals surface area contributed by atoms with E-state index in [0.29, 0.717) is 23.3 Å². The summed E-state index contributed by atoms with van der Waals surface area (Å²) in [5.41, 5.74) is 2.34. The number of nitrogens with zero attached hydrogens (tertiary/aromatic N) is 2. The van der Waals surface area contributed by atoms with Crippen LogP contribution in [0.2, 0.25) is 0 Å². The number of methoxy groups -OCH3 is 1. The van der Waals surface area contributed by atoms with Crippen molar-refractivity contribution in [1.82, 2.24) is 9.38 Å². The molecule has 1 aromatic carbocycles. The second-order valence-electron chi connectivity index (χ2n) is 7.18. The van der Waals surface area contributed by atoms with Crippen LogP contribution in [0.5, 0.6) is 11.5 Å². The van der Waals surface area contributed by atoms with E-state index in [4.69, 9.17) is 14.5 Å². The summed E-state index contributed by atoms with van der Waals surface area (Å²) in [4.78, 5) is 18.4. The molecular weight excluding hydrogens is 426 g/mol. The Morgan fingerprint density at radius 1 is 1.37 bits per heavy atom. The second-order valence-corrected chi connectivity index (χ2v) is 8.15. The summed E-state index contributed by atoms with van der Waals surface area (Å²) in [6.45, 7) is 4.04. The quantitative estimate of drug-likeness (QED) is 0.511. The number of rotatable bonds is 6. The number of phenolic OH excluding ortho intramolecular Hbond substituents is 1. The third-order valence-electron chi connectivity index (χ3n) is 5.31. The molecule has 162 valence electrons. The standard InChI is InChI=1S/C21H25N3O4S.ClH/c1-4-28-20(26)18-12(2)24-19(22-14-7-5-6-8-14)17(23-21(24)29-18)13-9-10-16(27-3)15(25)11-13;/h9-11,14,22,25H,4-8H2,1-3H3;1H. The van der Waals surface area contributed by atoms with Gasteiger partial charge in [0.25, 0.3) is 0 Å². The van der Waals surface area contributed by atoms with Crippen molar-refractivity contribution in [2.45, 2.75) is 45.6 Å². The predicted octanol–water partition coefficient (Wildman–Crippen LogP) is 5.04. The van der Waals surface area contributed by atoms with Gasteiger partial charge in [0.2, 0.25) is 0 Å². The van der Waals surface area contributed by atoms with Gasteiger partial charge in [0.15, 0.2) is 16.5 Å². The molecule has 0 radical (unpaired) electrons. The minimum Gasteiger partial charge on any atom is -0.504 e. The maximum Gasteiger partial charge on any atom is 0.350 e. The fourth-order valence-electron chi connectivity index (χ4n) is 3.87. The van der Waals surface area contributed by atoms with Gasteiger partial charge in [-0.3, -0.25) is 4.40 Å². The molecule has 2 N–H and O–H groups in total. The van der Waals surface area contributed by atoms with E-state index in [1.54, 1.807) is 19.1 Å². The molecule has 1 fully saturated rings. The third kappa shape index (κ3) is 3.94. The Bertz CT molecular complexity index is 1060. The number of benzene rings is 1. The summed E-state index contributed by atoms with van der Waals surface area (Å²) in [6, 6.07) is 5.64. The van der Waals surface area contributed by atoms with Crippen LogP contribution in [0.3, 0.4) is 0 Å². The summed E-state index contributed by atoms with van der Waals surface area (Å²) >= 11 is 1.32. The zero-order chi connectivity index (χ0) is 20.5. The molecule has 1 aliphatic carbocycles.